The van der Waals surface area contributed by atoms with E-state index in [0.29, 0.717) is 0 Å². The van der Waals surface area contributed by atoms with Crippen LogP contribution in [0.3, 0.4) is 0 Å². The van der Waals surface area contributed by atoms with Gasteiger partial charge in [-0.1, -0.05) is 0 Å². The quantitative estimate of drug-likeness (QED) is 0.161. The summed E-state index contributed by atoms with van der Waals surface area (Å²) in [7, 11) is 2.90. The van der Waals surface area contributed by atoms with Crippen molar-refractivity contribution in [2.75, 3.05) is 27.2 Å². The molecule has 0 spiro atoms. The van der Waals surface area contributed by atoms with Crippen LogP contribution in [0.4, 0.5) is 4.79 Å². The number of amides is 2. The molecular formula is C28H41N5O13. The number of aliphatic hydroxyl groups is 4. The molecule has 0 radical (unpaired) electrons. The number of aromatic amines is 1. The van der Waals surface area contributed by atoms with Crippen LogP contribution in [-0.4, -0.2) is 145 Å². The van der Waals surface area contributed by atoms with Crippen LogP contribution < -0.4 is 16.6 Å². The Balaban J connectivity index is 1.65. The Morgan fingerprint density at radius 3 is 2.35 bits per heavy atom. The summed E-state index contributed by atoms with van der Waals surface area (Å²) in [6, 6.07) is -0.337. The number of ether oxygens (including phenoxy) is 4. The molecule has 18 nitrogen and oxygen atoms in total. The van der Waals surface area contributed by atoms with E-state index in [0.717, 1.165) is 21.7 Å². The molecule has 4 rings (SSSR count). The first-order valence-electron chi connectivity index (χ1n) is 14.6. The zero-order valence-corrected chi connectivity index (χ0v) is 26.2. The summed E-state index contributed by atoms with van der Waals surface area (Å²) in [6.45, 7) is 6.01. The number of H-pyrrole nitrogens is 1. The van der Waals surface area contributed by atoms with Crippen molar-refractivity contribution in [3.63, 3.8) is 0 Å². The fourth-order valence-electron chi connectivity index (χ4n) is 5.55. The standard InChI is InChI=1S/C28H41N5O13/c1-12(34)13-7-9-31(5)16(23(40)32(13)6)21(22-18(37)19(38)24(44-22)33-10-8-15(35)30-26(33)41)45-25-20(39)17(36)14(43-25)11-29-27(42)46-28(2,3)4/h7-8,10,14,16-22,24-25,36-39H,9,11H2,1-6H3,(H,29,42)(H,30,35,41)/t14?,16-,17?,18?,19?,20?,21-,22?,24?,25?/m0/s1. The number of hydrogen-bond donors (Lipinski definition) is 6. The number of aromatic nitrogens is 2. The van der Waals surface area contributed by atoms with Crippen LogP contribution in [0, 0.1) is 0 Å². The first-order valence-corrected chi connectivity index (χ1v) is 14.6. The molecule has 8 unspecified atom stereocenters. The summed E-state index contributed by atoms with van der Waals surface area (Å²) < 4.78 is 23.8. The molecule has 4 heterocycles. The summed E-state index contributed by atoms with van der Waals surface area (Å²) >= 11 is 0. The van der Waals surface area contributed by atoms with Crippen molar-refractivity contribution < 1.29 is 53.8 Å². The Morgan fingerprint density at radius 1 is 1.07 bits per heavy atom. The van der Waals surface area contributed by atoms with Crippen LogP contribution in [0.1, 0.15) is 33.9 Å². The highest BCUT2D eigenvalue weighted by Gasteiger charge is 2.55. The third kappa shape index (κ3) is 7.39. The fourth-order valence-corrected chi connectivity index (χ4v) is 5.55. The van der Waals surface area contributed by atoms with Gasteiger partial charge in [0.25, 0.3) is 5.56 Å². The SMILES string of the molecule is CC(=O)C1=CCN(C)[C@@H]([C@H](OC2OC(CNC(=O)OC(C)(C)C)C(O)C2O)C2OC(n3ccc(=O)[nH]c3=O)C(O)C2O)C(=O)N1C. The predicted octanol–water partition coefficient (Wildman–Crippen LogP) is -3.24. The van der Waals surface area contributed by atoms with E-state index in [2.05, 4.69) is 5.32 Å². The number of Topliss-reactive ketones (excluding diaryl/α,β-unsaturated/α-hetero) is 1. The van der Waals surface area contributed by atoms with Gasteiger partial charge in [0, 0.05) is 39.3 Å². The third-order valence-corrected chi connectivity index (χ3v) is 7.85. The Hall–Kier alpha value is -3.49. The fraction of sp³-hybridized carbons (Fsp3) is 0.679. The monoisotopic (exact) mass is 655 g/mol. The van der Waals surface area contributed by atoms with Gasteiger partial charge in [0.2, 0.25) is 5.91 Å². The molecule has 3 aliphatic heterocycles. The number of allylic oxidation sites excluding steroid dienone is 1. The molecule has 3 aliphatic rings. The number of hydrogen-bond acceptors (Lipinski definition) is 14. The van der Waals surface area contributed by atoms with Crippen LogP contribution in [0.5, 0.6) is 0 Å². The van der Waals surface area contributed by atoms with Crippen LogP contribution in [0.15, 0.2) is 33.6 Å². The predicted molar refractivity (Wildman–Crippen MR) is 155 cm³/mol. The average Bonchev–Trinajstić information content (AvgIpc) is 3.35. The number of aliphatic hydroxyl groups excluding tert-OH is 4. The molecule has 0 saturated carbocycles. The lowest BCUT2D eigenvalue weighted by molar-refractivity contribution is -0.233. The number of nitrogens with one attached hydrogen (secondary N) is 2. The van der Waals surface area contributed by atoms with Crippen molar-refractivity contribution in [1.29, 1.82) is 0 Å². The largest absolute Gasteiger partial charge is 0.444 e. The maximum atomic E-state index is 13.9. The van der Waals surface area contributed by atoms with Crippen molar-refractivity contribution in [1.82, 2.24) is 24.7 Å². The molecule has 46 heavy (non-hydrogen) atoms. The van der Waals surface area contributed by atoms with Crippen LogP contribution in [0.2, 0.25) is 0 Å². The molecule has 1 aromatic rings. The minimum absolute atomic E-state index is 0.0445. The zero-order chi connectivity index (χ0) is 34.2. The molecule has 2 amide bonds. The van der Waals surface area contributed by atoms with Gasteiger partial charge in [-0.05, 0) is 33.9 Å². The molecule has 2 saturated heterocycles. The minimum Gasteiger partial charge on any atom is -0.444 e. The highest BCUT2D eigenvalue weighted by Crippen LogP contribution is 2.36. The van der Waals surface area contributed by atoms with Gasteiger partial charge in [-0.25, -0.2) is 9.59 Å². The number of rotatable bonds is 8. The van der Waals surface area contributed by atoms with E-state index < -0.39 is 95.9 Å². The number of ketones is 1. The van der Waals surface area contributed by atoms with E-state index in [-0.39, 0.29) is 18.8 Å². The van der Waals surface area contributed by atoms with E-state index in [1.807, 2.05) is 4.98 Å². The third-order valence-electron chi connectivity index (χ3n) is 7.85. The van der Waals surface area contributed by atoms with Gasteiger partial charge < -0.3 is 49.6 Å². The van der Waals surface area contributed by atoms with Gasteiger partial charge in [0.15, 0.2) is 18.3 Å². The first kappa shape index (κ1) is 35.4. The Kier molecular flexibility index (Phi) is 10.5. The van der Waals surface area contributed by atoms with E-state index in [9.17, 15) is 44.4 Å². The summed E-state index contributed by atoms with van der Waals surface area (Å²) in [5.41, 5.74) is -2.37. The van der Waals surface area contributed by atoms with Gasteiger partial charge in [0.1, 0.15) is 54.4 Å². The smallest absolute Gasteiger partial charge is 0.407 e. The van der Waals surface area contributed by atoms with Gasteiger partial charge >= 0.3 is 11.8 Å². The van der Waals surface area contributed by atoms with Gasteiger partial charge in [-0.3, -0.25) is 28.8 Å². The normalized spacial score (nSPS) is 33.0. The van der Waals surface area contributed by atoms with Crippen LogP contribution >= 0.6 is 0 Å². The lowest BCUT2D eigenvalue weighted by Crippen LogP contribution is -2.59. The number of likely N-dealkylation sites (N-methyl/N-ethyl adjacent to an activating group) is 2. The molecule has 18 heteroatoms. The maximum absolute atomic E-state index is 13.9. The molecule has 10 atom stereocenters. The second-order valence-electron chi connectivity index (χ2n) is 12.4. The van der Waals surface area contributed by atoms with Gasteiger partial charge in [-0.15, -0.1) is 0 Å². The first-order chi connectivity index (χ1) is 21.4. The Labute approximate surface area is 263 Å². The van der Waals surface area contributed by atoms with Crippen molar-refractivity contribution in [2.45, 2.75) is 94.6 Å². The summed E-state index contributed by atoms with van der Waals surface area (Å²) in [6.07, 6.45) is -12.6. The van der Waals surface area contributed by atoms with E-state index in [1.54, 1.807) is 20.8 Å². The molecule has 0 aliphatic carbocycles. The minimum atomic E-state index is -1.79. The highest BCUT2D eigenvalue weighted by molar-refractivity contribution is 5.99. The maximum Gasteiger partial charge on any atom is 0.407 e. The number of nitrogens with zero attached hydrogens (tertiary/aromatic N) is 3. The molecule has 6 N–H and O–H groups in total. The zero-order valence-electron chi connectivity index (χ0n) is 26.2. The Bertz CT molecular complexity index is 1450. The number of carbonyl (C=O) groups excluding carboxylic acids is 3. The van der Waals surface area contributed by atoms with Crippen LogP contribution in [0.25, 0.3) is 0 Å². The molecule has 1 aromatic heterocycles. The average molecular weight is 656 g/mol. The number of carbonyl (C=O) groups is 3. The molecular weight excluding hydrogens is 614 g/mol. The molecule has 0 aromatic carbocycles. The van der Waals surface area contributed by atoms with Crippen LogP contribution in [-0.2, 0) is 28.5 Å². The molecule has 2 fully saturated rings. The van der Waals surface area contributed by atoms with Gasteiger partial charge in [-0.2, -0.15) is 0 Å². The molecule has 0 bridgehead atoms. The van der Waals surface area contributed by atoms with Crippen molar-refractivity contribution >= 4 is 17.8 Å². The van der Waals surface area contributed by atoms with E-state index >= 15 is 0 Å². The van der Waals surface area contributed by atoms with Crippen molar-refractivity contribution in [3.8, 4) is 0 Å². The second-order valence-corrected chi connectivity index (χ2v) is 12.4. The highest BCUT2D eigenvalue weighted by atomic mass is 16.7. The lowest BCUT2D eigenvalue weighted by Gasteiger charge is -2.38. The summed E-state index contributed by atoms with van der Waals surface area (Å²) in [4.78, 5) is 67.1. The summed E-state index contributed by atoms with van der Waals surface area (Å²) in [5, 5.41) is 46.2. The lowest BCUT2D eigenvalue weighted by atomic mass is 9.97. The number of alkyl carbamates (subject to hydrolysis) is 1. The van der Waals surface area contributed by atoms with Crippen molar-refractivity contribution in [2.24, 2.45) is 0 Å². The topological polar surface area (TPSA) is 242 Å². The van der Waals surface area contributed by atoms with Gasteiger partial charge in [0.05, 0.1) is 5.70 Å². The van der Waals surface area contributed by atoms with Crippen molar-refractivity contribution in [3.05, 3.63) is 44.9 Å². The summed E-state index contributed by atoms with van der Waals surface area (Å²) in [5.74, 6) is -1.08. The molecule has 256 valence electrons. The van der Waals surface area contributed by atoms with E-state index in [4.69, 9.17) is 18.9 Å². The van der Waals surface area contributed by atoms with E-state index in [1.165, 1.54) is 32.0 Å². The Morgan fingerprint density at radius 2 is 1.74 bits per heavy atom. The second kappa shape index (κ2) is 13.7.